The molecule has 0 heterocycles. The van der Waals surface area contributed by atoms with Crippen molar-refractivity contribution in [2.75, 3.05) is 12.8 Å². The van der Waals surface area contributed by atoms with Gasteiger partial charge in [0.05, 0.1) is 0 Å². The van der Waals surface area contributed by atoms with E-state index in [1.54, 1.807) is 6.07 Å². The average Bonchev–Trinajstić information content (AvgIpc) is 2.12. The number of hydrogen-bond acceptors (Lipinski definition) is 3. The molecule has 0 unspecified atom stereocenters. The first kappa shape index (κ1) is 12.1. The molecule has 0 spiro atoms. The van der Waals surface area contributed by atoms with Crippen molar-refractivity contribution < 1.29 is 12.8 Å². The van der Waals surface area contributed by atoms with Crippen LogP contribution in [0.4, 0.5) is 4.39 Å². The molecule has 0 radical (unpaired) electrons. The van der Waals surface area contributed by atoms with E-state index in [-0.39, 0.29) is 4.90 Å². The van der Waals surface area contributed by atoms with Gasteiger partial charge in [-0.2, -0.15) is 0 Å². The number of benzene rings is 1. The number of halogens is 1. The first-order valence-electron chi connectivity index (χ1n) is 4.63. The summed E-state index contributed by atoms with van der Waals surface area (Å²) in [7, 11) is -3.47. The molecule has 1 aromatic rings. The van der Waals surface area contributed by atoms with Crippen molar-refractivity contribution in [1.82, 2.24) is 0 Å². The van der Waals surface area contributed by atoms with Crippen LogP contribution in [0.15, 0.2) is 23.1 Å². The maximum Gasteiger partial charge on any atom is 0.178 e. The van der Waals surface area contributed by atoms with Gasteiger partial charge in [0.1, 0.15) is 10.7 Å². The van der Waals surface area contributed by atoms with Gasteiger partial charge in [0.2, 0.25) is 0 Å². The number of sulfone groups is 1. The second-order valence-corrected chi connectivity index (χ2v) is 5.41. The Morgan fingerprint density at radius 2 is 2.07 bits per heavy atom. The van der Waals surface area contributed by atoms with Crippen molar-refractivity contribution in [3.63, 3.8) is 0 Å². The minimum Gasteiger partial charge on any atom is -0.330 e. The molecular weight excluding hydrogens is 217 g/mol. The zero-order valence-electron chi connectivity index (χ0n) is 8.53. The molecule has 1 aromatic carbocycles. The zero-order valence-corrected chi connectivity index (χ0v) is 9.35. The van der Waals surface area contributed by atoms with Crippen LogP contribution in [0.3, 0.4) is 0 Å². The number of aryl methyl sites for hydroxylation is 1. The monoisotopic (exact) mass is 231 g/mol. The zero-order chi connectivity index (χ0) is 11.5. The van der Waals surface area contributed by atoms with Crippen LogP contribution >= 0.6 is 0 Å². The van der Waals surface area contributed by atoms with Crippen LogP contribution in [0.25, 0.3) is 0 Å². The second-order valence-electron chi connectivity index (χ2n) is 3.43. The Labute approximate surface area is 89.0 Å². The van der Waals surface area contributed by atoms with Crippen LogP contribution in [0, 0.1) is 5.82 Å². The molecule has 0 saturated heterocycles. The topological polar surface area (TPSA) is 60.2 Å². The first-order valence-corrected chi connectivity index (χ1v) is 6.53. The van der Waals surface area contributed by atoms with Crippen molar-refractivity contribution in [1.29, 1.82) is 0 Å². The highest BCUT2D eigenvalue weighted by Gasteiger charge is 2.13. The van der Waals surface area contributed by atoms with Crippen LogP contribution < -0.4 is 5.73 Å². The standard InChI is InChI=1S/C10H14FNO2S/c1-15(13,14)10-5-4-8(3-2-6-12)7-9(10)11/h4-5,7H,2-3,6,12H2,1H3. The Bertz CT molecular complexity index is 443. The fourth-order valence-electron chi connectivity index (χ4n) is 1.31. The predicted octanol–water partition coefficient (Wildman–Crippen LogP) is 1.12. The van der Waals surface area contributed by atoms with Gasteiger partial charge in [-0.05, 0) is 37.1 Å². The Morgan fingerprint density at radius 3 is 2.53 bits per heavy atom. The number of hydrogen-bond donors (Lipinski definition) is 1. The van der Waals surface area contributed by atoms with E-state index in [9.17, 15) is 12.8 Å². The summed E-state index contributed by atoms with van der Waals surface area (Å²) in [5.41, 5.74) is 6.09. The van der Waals surface area contributed by atoms with Gasteiger partial charge in [-0.15, -0.1) is 0 Å². The smallest absolute Gasteiger partial charge is 0.178 e. The Morgan fingerprint density at radius 1 is 1.40 bits per heavy atom. The van der Waals surface area contributed by atoms with Gasteiger partial charge in [-0.3, -0.25) is 0 Å². The van der Waals surface area contributed by atoms with Gasteiger partial charge in [-0.1, -0.05) is 6.07 Å². The molecule has 0 aromatic heterocycles. The van der Waals surface area contributed by atoms with Crippen LogP contribution in [-0.2, 0) is 16.3 Å². The van der Waals surface area contributed by atoms with E-state index in [0.29, 0.717) is 13.0 Å². The van der Waals surface area contributed by atoms with Crippen molar-refractivity contribution in [3.8, 4) is 0 Å². The van der Waals surface area contributed by atoms with Crippen LogP contribution in [0.5, 0.6) is 0 Å². The van der Waals surface area contributed by atoms with E-state index < -0.39 is 15.7 Å². The first-order chi connectivity index (χ1) is 6.95. The van der Waals surface area contributed by atoms with E-state index in [0.717, 1.165) is 18.2 Å². The van der Waals surface area contributed by atoms with Gasteiger partial charge in [0.25, 0.3) is 0 Å². The summed E-state index contributed by atoms with van der Waals surface area (Å²) >= 11 is 0. The van der Waals surface area contributed by atoms with Crippen molar-refractivity contribution in [3.05, 3.63) is 29.6 Å². The summed E-state index contributed by atoms with van der Waals surface area (Å²) < 4.78 is 35.6. The summed E-state index contributed by atoms with van der Waals surface area (Å²) in [5.74, 6) is -0.688. The minimum absolute atomic E-state index is 0.251. The lowest BCUT2D eigenvalue weighted by molar-refractivity contribution is 0.569. The van der Waals surface area contributed by atoms with Gasteiger partial charge in [0.15, 0.2) is 9.84 Å². The van der Waals surface area contributed by atoms with E-state index in [4.69, 9.17) is 5.73 Å². The van der Waals surface area contributed by atoms with Crippen molar-refractivity contribution in [2.24, 2.45) is 5.73 Å². The Balaban J connectivity index is 2.99. The molecule has 84 valence electrons. The third-order valence-electron chi connectivity index (χ3n) is 2.07. The minimum atomic E-state index is -3.47. The normalized spacial score (nSPS) is 11.7. The fourth-order valence-corrected chi connectivity index (χ4v) is 2.04. The Kier molecular flexibility index (Phi) is 3.82. The lowest BCUT2D eigenvalue weighted by Crippen LogP contribution is -2.03. The molecule has 0 aliphatic carbocycles. The molecule has 1 rings (SSSR count). The molecule has 0 bridgehead atoms. The highest BCUT2D eigenvalue weighted by Crippen LogP contribution is 2.16. The van der Waals surface area contributed by atoms with Crippen LogP contribution in [0.2, 0.25) is 0 Å². The summed E-state index contributed by atoms with van der Waals surface area (Å²) in [6, 6.07) is 4.18. The van der Waals surface area contributed by atoms with Crippen molar-refractivity contribution >= 4 is 9.84 Å². The maximum atomic E-state index is 13.4. The highest BCUT2D eigenvalue weighted by atomic mass is 32.2. The van der Waals surface area contributed by atoms with E-state index in [1.807, 2.05) is 0 Å². The molecule has 0 aliphatic rings. The molecule has 0 aliphatic heterocycles. The molecule has 0 fully saturated rings. The van der Waals surface area contributed by atoms with E-state index in [1.165, 1.54) is 12.1 Å². The molecule has 0 saturated carbocycles. The molecule has 0 atom stereocenters. The largest absolute Gasteiger partial charge is 0.330 e. The maximum absolute atomic E-state index is 13.4. The second kappa shape index (κ2) is 4.72. The number of nitrogens with two attached hydrogens (primary N) is 1. The van der Waals surface area contributed by atoms with Crippen LogP contribution in [-0.4, -0.2) is 21.2 Å². The lowest BCUT2D eigenvalue weighted by atomic mass is 10.1. The molecule has 3 nitrogen and oxygen atoms in total. The third kappa shape index (κ3) is 3.28. The summed E-state index contributed by atoms with van der Waals surface area (Å²) in [6.07, 6.45) is 2.42. The molecular formula is C10H14FNO2S. The fraction of sp³-hybridized carbons (Fsp3) is 0.400. The third-order valence-corrected chi connectivity index (χ3v) is 3.20. The van der Waals surface area contributed by atoms with Gasteiger partial charge in [0, 0.05) is 6.26 Å². The molecule has 0 amide bonds. The van der Waals surface area contributed by atoms with E-state index in [2.05, 4.69) is 0 Å². The van der Waals surface area contributed by atoms with E-state index >= 15 is 0 Å². The van der Waals surface area contributed by atoms with Crippen LogP contribution in [0.1, 0.15) is 12.0 Å². The SMILES string of the molecule is CS(=O)(=O)c1ccc(CCCN)cc1F. The summed E-state index contributed by atoms with van der Waals surface area (Å²) in [5, 5.41) is 0. The van der Waals surface area contributed by atoms with Crippen molar-refractivity contribution in [2.45, 2.75) is 17.7 Å². The summed E-state index contributed by atoms with van der Waals surface area (Å²) in [4.78, 5) is -0.251. The van der Waals surface area contributed by atoms with Gasteiger partial charge >= 0.3 is 0 Å². The lowest BCUT2D eigenvalue weighted by Gasteiger charge is -2.04. The predicted molar refractivity (Wildman–Crippen MR) is 56.9 cm³/mol. The number of rotatable bonds is 4. The molecule has 2 N–H and O–H groups in total. The van der Waals surface area contributed by atoms with Gasteiger partial charge in [-0.25, -0.2) is 12.8 Å². The quantitative estimate of drug-likeness (QED) is 0.844. The average molecular weight is 231 g/mol. The summed E-state index contributed by atoms with van der Waals surface area (Å²) in [6.45, 7) is 0.537. The van der Waals surface area contributed by atoms with Gasteiger partial charge < -0.3 is 5.73 Å². The highest BCUT2D eigenvalue weighted by molar-refractivity contribution is 7.90. The molecule has 5 heteroatoms. The Hall–Kier alpha value is -0.940. The molecule has 15 heavy (non-hydrogen) atoms.